The van der Waals surface area contributed by atoms with Crippen molar-refractivity contribution in [2.75, 3.05) is 0 Å². The lowest BCUT2D eigenvalue weighted by Crippen LogP contribution is -2.45. The molecule has 2 fully saturated rings. The largest absolute Gasteiger partial charge is 0.455 e. The van der Waals surface area contributed by atoms with Crippen LogP contribution in [-0.2, 0) is 15.9 Å². The Kier molecular flexibility index (Phi) is 6.63. The highest BCUT2D eigenvalue weighted by atomic mass is 16.6. The molecule has 0 N–H and O–H groups in total. The van der Waals surface area contributed by atoms with Crippen LogP contribution in [0.4, 0.5) is 0 Å². The smallest absolute Gasteiger partial charge is 0.338 e. The van der Waals surface area contributed by atoms with Crippen molar-refractivity contribution in [2.24, 2.45) is 17.8 Å². The maximum atomic E-state index is 13.7. The van der Waals surface area contributed by atoms with Crippen LogP contribution in [0.15, 0.2) is 133 Å². The Morgan fingerprint density at radius 3 is 1.59 bits per heavy atom. The molecule has 0 radical (unpaired) electrons. The van der Waals surface area contributed by atoms with Crippen LogP contribution in [0.3, 0.4) is 0 Å². The minimum absolute atomic E-state index is 0.100. The third kappa shape index (κ3) is 4.62. The SMILES string of the molecule is O=C(O[C@@H]1C2CC(C3c4ccccc4CC32)[C@@H]1OC(=O)c1cccc(-c2ccccc2)c1)c1cccc(-c2ccccc2)c1. The summed E-state index contributed by atoms with van der Waals surface area (Å²) < 4.78 is 12.7. The lowest BCUT2D eigenvalue weighted by molar-refractivity contribution is -0.0698. The molecule has 0 spiro atoms. The van der Waals surface area contributed by atoms with Crippen molar-refractivity contribution in [3.8, 4) is 22.3 Å². The second kappa shape index (κ2) is 10.9. The highest BCUT2D eigenvalue weighted by molar-refractivity contribution is 5.92. The van der Waals surface area contributed by atoms with Gasteiger partial charge in [0.25, 0.3) is 0 Å². The van der Waals surface area contributed by atoms with Crippen molar-refractivity contribution in [2.45, 2.75) is 31.0 Å². The molecule has 2 saturated carbocycles. The summed E-state index contributed by atoms with van der Waals surface area (Å²) in [6.07, 6.45) is 0.846. The minimum Gasteiger partial charge on any atom is -0.455 e. The monoisotopic (exact) mass is 576 g/mol. The van der Waals surface area contributed by atoms with Gasteiger partial charge in [-0.05, 0) is 82.3 Å². The van der Waals surface area contributed by atoms with Gasteiger partial charge in [0.1, 0.15) is 12.2 Å². The fraction of sp³-hybridized carbons (Fsp3) is 0.200. The molecular weight excluding hydrogens is 544 g/mol. The maximum absolute atomic E-state index is 13.7. The molecule has 4 unspecified atom stereocenters. The number of fused-ring (bicyclic) bond motifs is 7. The van der Waals surface area contributed by atoms with E-state index in [1.54, 1.807) is 12.1 Å². The summed E-state index contributed by atoms with van der Waals surface area (Å²) in [6.45, 7) is 0. The van der Waals surface area contributed by atoms with Gasteiger partial charge in [0.05, 0.1) is 11.1 Å². The van der Waals surface area contributed by atoms with E-state index in [0.717, 1.165) is 35.1 Å². The van der Waals surface area contributed by atoms with Gasteiger partial charge in [-0.3, -0.25) is 0 Å². The fourth-order valence-corrected chi connectivity index (χ4v) is 8.07. The van der Waals surface area contributed by atoms with E-state index in [1.165, 1.54) is 11.1 Å². The van der Waals surface area contributed by atoms with Crippen LogP contribution in [0.5, 0.6) is 0 Å². The number of rotatable bonds is 6. The van der Waals surface area contributed by atoms with Crippen molar-refractivity contribution in [3.05, 3.63) is 156 Å². The molecule has 44 heavy (non-hydrogen) atoms. The Hall–Kier alpha value is -4.96. The maximum Gasteiger partial charge on any atom is 0.338 e. The Bertz CT molecular complexity index is 1850. The number of carbonyl (C=O) groups excluding carboxylic acids is 2. The number of hydrogen-bond donors (Lipinski definition) is 0. The first kappa shape index (κ1) is 26.7. The summed E-state index contributed by atoms with van der Waals surface area (Å²) in [7, 11) is 0. The molecule has 5 aromatic rings. The highest BCUT2D eigenvalue weighted by Crippen LogP contribution is 2.62. The topological polar surface area (TPSA) is 52.6 Å². The number of carbonyl (C=O) groups is 2. The quantitative estimate of drug-likeness (QED) is 0.191. The van der Waals surface area contributed by atoms with Gasteiger partial charge in [-0.25, -0.2) is 9.59 Å². The van der Waals surface area contributed by atoms with Gasteiger partial charge >= 0.3 is 11.9 Å². The normalized spacial score (nSPS) is 24.4. The standard InChI is InChI=1S/C40H32O4/c41-39(30-18-9-16-27(21-30)25-11-3-1-4-12-25)43-37-34-24-35(36-32-20-8-7-15-29(32)23-33(34)36)38(37)44-40(42)31-19-10-17-28(22-31)26-13-5-2-6-14-26/h1-22,33-38H,23-24H2/t33?,34?,35?,36?,37-,38+/m1/s1. The molecule has 6 atom stereocenters. The summed E-state index contributed by atoms with van der Waals surface area (Å²) in [6, 6.07) is 43.8. The van der Waals surface area contributed by atoms with Crippen molar-refractivity contribution in [1.29, 1.82) is 0 Å². The Morgan fingerprint density at radius 1 is 0.500 bits per heavy atom. The zero-order valence-electron chi connectivity index (χ0n) is 24.2. The second-order valence-electron chi connectivity index (χ2n) is 12.3. The highest BCUT2D eigenvalue weighted by Gasteiger charge is 2.63. The molecule has 3 aliphatic rings. The van der Waals surface area contributed by atoms with E-state index in [9.17, 15) is 9.59 Å². The summed E-state index contributed by atoms with van der Waals surface area (Å²) in [5.74, 6) is 0.161. The predicted molar refractivity (Wildman–Crippen MR) is 170 cm³/mol. The number of benzene rings is 5. The molecule has 0 amide bonds. The molecule has 4 nitrogen and oxygen atoms in total. The molecule has 216 valence electrons. The molecule has 0 saturated heterocycles. The second-order valence-corrected chi connectivity index (χ2v) is 12.3. The summed E-state index contributed by atoms with van der Waals surface area (Å²) in [4.78, 5) is 27.4. The average Bonchev–Trinajstić information content (AvgIpc) is 3.75. The van der Waals surface area contributed by atoms with Crippen molar-refractivity contribution < 1.29 is 19.1 Å². The number of esters is 2. The minimum atomic E-state index is -0.512. The van der Waals surface area contributed by atoms with Gasteiger partial charge in [0.2, 0.25) is 0 Å². The van der Waals surface area contributed by atoms with E-state index < -0.39 is 12.2 Å². The van der Waals surface area contributed by atoms with Gasteiger partial charge in [0, 0.05) is 11.8 Å². The Labute approximate surface area is 257 Å². The third-order valence-corrected chi connectivity index (χ3v) is 9.95. The summed E-state index contributed by atoms with van der Waals surface area (Å²) in [5.41, 5.74) is 7.71. The average molecular weight is 577 g/mol. The van der Waals surface area contributed by atoms with Gasteiger partial charge in [-0.15, -0.1) is 0 Å². The van der Waals surface area contributed by atoms with Crippen LogP contribution in [0.25, 0.3) is 22.3 Å². The van der Waals surface area contributed by atoms with Crippen LogP contribution in [-0.4, -0.2) is 24.1 Å². The number of ether oxygens (including phenoxy) is 2. The molecule has 8 rings (SSSR count). The van der Waals surface area contributed by atoms with Crippen LogP contribution >= 0.6 is 0 Å². The summed E-state index contributed by atoms with van der Waals surface area (Å²) in [5, 5.41) is 0. The first-order valence-electron chi connectivity index (χ1n) is 15.4. The van der Waals surface area contributed by atoms with Gasteiger partial charge in [0.15, 0.2) is 0 Å². The lowest BCUT2D eigenvalue weighted by Gasteiger charge is -2.37. The van der Waals surface area contributed by atoms with E-state index in [2.05, 4.69) is 24.3 Å². The van der Waals surface area contributed by atoms with Gasteiger partial charge in [-0.1, -0.05) is 109 Å². The van der Waals surface area contributed by atoms with E-state index in [0.29, 0.717) is 23.0 Å². The molecule has 2 bridgehead atoms. The molecule has 0 aliphatic heterocycles. The van der Waals surface area contributed by atoms with Crippen molar-refractivity contribution >= 4 is 11.9 Å². The van der Waals surface area contributed by atoms with Crippen LogP contribution in [0.1, 0.15) is 44.2 Å². The lowest BCUT2D eigenvalue weighted by atomic mass is 9.76. The molecular formula is C40H32O4. The van der Waals surface area contributed by atoms with Crippen LogP contribution in [0, 0.1) is 17.8 Å². The summed E-state index contributed by atoms with van der Waals surface area (Å²) >= 11 is 0. The van der Waals surface area contributed by atoms with Crippen LogP contribution < -0.4 is 0 Å². The fourth-order valence-electron chi connectivity index (χ4n) is 8.07. The van der Waals surface area contributed by atoms with E-state index in [1.807, 2.05) is 97.1 Å². The molecule has 4 heteroatoms. The van der Waals surface area contributed by atoms with Gasteiger partial charge in [-0.2, -0.15) is 0 Å². The van der Waals surface area contributed by atoms with Gasteiger partial charge < -0.3 is 9.47 Å². The third-order valence-electron chi connectivity index (χ3n) is 9.95. The zero-order chi connectivity index (χ0) is 29.6. The zero-order valence-corrected chi connectivity index (χ0v) is 24.2. The first-order chi connectivity index (χ1) is 21.6. The van der Waals surface area contributed by atoms with E-state index in [-0.39, 0.29) is 23.8 Å². The number of hydrogen-bond acceptors (Lipinski definition) is 4. The molecule has 0 heterocycles. The molecule has 5 aromatic carbocycles. The van der Waals surface area contributed by atoms with E-state index in [4.69, 9.17) is 9.47 Å². The van der Waals surface area contributed by atoms with E-state index >= 15 is 0 Å². The van der Waals surface area contributed by atoms with Crippen molar-refractivity contribution in [1.82, 2.24) is 0 Å². The van der Waals surface area contributed by atoms with Crippen molar-refractivity contribution in [3.63, 3.8) is 0 Å². The predicted octanol–water partition coefficient (Wildman–Crippen LogP) is 8.38. The Balaban J connectivity index is 1.09. The van der Waals surface area contributed by atoms with Crippen LogP contribution in [0.2, 0.25) is 0 Å². The molecule has 0 aromatic heterocycles. The first-order valence-corrected chi connectivity index (χ1v) is 15.4. The molecule has 3 aliphatic carbocycles. The Morgan fingerprint density at radius 2 is 1.00 bits per heavy atom.